The molecule has 1 aromatic carbocycles. The van der Waals surface area contributed by atoms with Crippen LogP contribution in [0.25, 0.3) is 0 Å². The lowest BCUT2D eigenvalue weighted by atomic mass is 9.89. The van der Waals surface area contributed by atoms with Gasteiger partial charge in [-0.25, -0.2) is 0 Å². The number of rotatable bonds is 6. The molecule has 0 unspecified atom stereocenters. The maximum absolute atomic E-state index is 5.97. The highest BCUT2D eigenvalue weighted by Gasteiger charge is 2.14. The van der Waals surface area contributed by atoms with Crippen LogP contribution in [0.5, 0.6) is 0 Å². The van der Waals surface area contributed by atoms with E-state index < -0.39 is 0 Å². The number of benzene rings is 1. The highest BCUT2D eigenvalue weighted by Crippen LogP contribution is 2.24. The summed E-state index contributed by atoms with van der Waals surface area (Å²) >= 11 is 0. The second kappa shape index (κ2) is 7.54. The van der Waals surface area contributed by atoms with Crippen LogP contribution in [-0.4, -0.2) is 25.0 Å². The highest BCUT2D eigenvalue weighted by atomic mass is 15.1. The molecule has 106 valence electrons. The van der Waals surface area contributed by atoms with Gasteiger partial charge >= 0.3 is 0 Å². The molecule has 2 rings (SSSR count). The van der Waals surface area contributed by atoms with Gasteiger partial charge in [-0.15, -0.1) is 0 Å². The normalized spacial score (nSPS) is 16.9. The number of hydrogen-bond acceptors (Lipinski definition) is 2. The molecule has 1 saturated carbocycles. The van der Waals surface area contributed by atoms with E-state index in [9.17, 15) is 0 Å². The minimum absolute atomic E-state index is 0.942. The Morgan fingerprint density at radius 1 is 1.16 bits per heavy atom. The van der Waals surface area contributed by atoms with E-state index in [4.69, 9.17) is 5.73 Å². The van der Waals surface area contributed by atoms with Gasteiger partial charge in [0.1, 0.15) is 0 Å². The summed E-state index contributed by atoms with van der Waals surface area (Å²) in [5.74, 6) is 0.945. The SMILES string of the molecule is CN(CCCc1ccccc1N)CC1CCCCC1. The van der Waals surface area contributed by atoms with E-state index in [1.807, 2.05) is 12.1 Å². The zero-order valence-electron chi connectivity index (χ0n) is 12.3. The average molecular weight is 260 g/mol. The Hall–Kier alpha value is -1.02. The molecule has 0 radical (unpaired) electrons. The molecule has 1 aromatic rings. The first-order valence-electron chi connectivity index (χ1n) is 7.77. The van der Waals surface area contributed by atoms with Crippen molar-refractivity contribution in [3.8, 4) is 0 Å². The second-order valence-electron chi connectivity index (χ2n) is 6.07. The third kappa shape index (κ3) is 4.87. The van der Waals surface area contributed by atoms with Crippen LogP contribution in [0.3, 0.4) is 0 Å². The molecule has 0 bridgehead atoms. The number of nitrogens with zero attached hydrogens (tertiary/aromatic N) is 1. The second-order valence-corrected chi connectivity index (χ2v) is 6.07. The Balaban J connectivity index is 1.66. The first-order valence-corrected chi connectivity index (χ1v) is 7.77. The molecule has 1 fully saturated rings. The van der Waals surface area contributed by atoms with Gasteiger partial charge in [0.15, 0.2) is 0 Å². The number of aryl methyl sites for hydroxylation is 1. The van der Waals surface area contributed by atoms with Gasteiger partial charge in [0.2, 0.25) is 0 Å². The van der Waals surface area contributed by atoms with E-state index in [0.717, 1.165) is 18.0 Å². The van der Waals surface area contributed by atoms with Crippen LogP contribution < -0.4 is 5.73 Å². The molecule has 0 saturated heterocycles. The number of nitrogen functional groups attached to an aromatic ring is 1. The van der Waals surface area contributed by atoms with Crippen LogP contribution in [0.15, 0.2) is 24.3 Å². The minimum atomic E-state index is 0.942. The molecule has 0 atom stereocenters. The lowest BCUT2D eigenvalue weighted by Gasteiger charge is -2.27. The lowest BCUT2D eigenvalue weighted by Crippen LogP contribution is -2.28. The van der Waals surface area contributed by atoms with Crippen molar-refractivity contribution in [3.63, 3.8) is 0 Å². The van der Waals surface area contributed by atoms with E-state index in [0.29, 0.717) is 0 Å². The van der Waals surface area contributed by atoms with E-state index in [1.54, 1.807) is 0 Å². The quantitative estimate of drug-likeness (QED) is 0.790. The molecular formula is C17H28N2. The van der Waals surface area contributed by atoms with Gasteiger partial charge in [-0.3, -0.25) is 0 Å². The number of anilines is 1. The van der Waals surface area contributed by atoms with Crippen molar-refractivity contribution >= 4 is 5.69 Å². The number of para-hydroxylation sites is 1. The Bertz CT molecular complexity index is 369. The minimum Gasteiger partial charge on any atom is -0.399 e. The smallest absolute Gasteiger partial charge is 0.0346 e. The van der Waals surface area contributed by atoms with Crippen LogP contribution in [-0.2, 0) is 6.42 Å². The largest absolute Gasteiger partial charge is 0.399 e. The van der Waals surface area contributed by atoms with Crippen molar-refractivity contribution in [1.82, 2.24) is 4.90 Å². The molecule has 0 amide bonds. The molecule has 1 aliphatic carbocycles. The molecule has 2 nitrogen and oxygen atoms in total. The van der Waals surface area contributed by atoms with Crippen molar-refractivity contribution in [1.29, 1.82) is 0 Å². The first-order chi connectivity index (χ1) is 9.25. The maximum atomic E-state index is 5.97. The van der Waals surface area contributed by atoms with Gasteiger partial charge < -0.3 is 10.6 Å². The fourth-order valence-electron chi connectivity index (χ4n) is 3.20. The van der Waals surface area contributed by atoms with Gasteiger partial charge in [-0.1, -0.05) is 37.5 Å². The average Bonchev–Trinajstić information content (AvgIpc) is 2.42. The van der Waals surface area contributed by atoms with Crippen molar-refractivity contribution < 1.29 is 0 Å². The predicted octanol–water partition coefficient (Wildman–Crippen LogP) is 3.71. The first kappa shape index (κ1) is 14.4. The molecule has 1 aliphatic rings. The van der Waals surface area contributed by atoms with E-state index in [-0.39, 0.29) is 0 Å². The number of hydrogen-bond donors (Lipinski definition) is 1. The Labute approximate surface area is 118 Å². The molecule has 0 aromatic heterocycles. The van der Waals surface area contributed by atoms with Gasteiger partial charge in [-0.2, -0.15) is 0 Å². The van der Waals surface area contributed by atoms with Crippen molar-refractivity contribution in [2.75, 3.05) is 25.9 Å². The summed E-state index contributed by atoms with van der Waals surface area (Å²) in [7, 11) is 2.27. The van der Waals surface area contributed by atoms with Crippen molar-refractivity contribution in [2.24, 2.45) is 5.92 Å². The summed E-state index contributed by atoms with van der Waals surface area (Å²) in [6.07, 6.45) is 9.52. The lowest BCUT2D eigenvalue weighted by molar-refractivity contribution is 0.232. The van der Waals surface area contributed by atoms with Gasteiger partial charge in [0.05, 0.1) is 0 Å². The molecule has 0 aliphatic heterocycles. The molecule has 0 spiro atoms. The summed E-state index contributed by atoms with van der Waals surface area (Å²) < 4.78 is 0. The predicted molar refractivity (Wildman–Crippen MR) is 83.2 cm³/mol. The Kier molecular flexibility index (Phi) is 5.71. The topological polar surface area (TPSA) is 29.3 Å². The number of nitrogens with two attached hydrogens (primary N) is 1. The summed E-state index contributed by atoms with van der Waals surface area (Å²) in [6.45, 7) is 2.47. The van der Waals surface area contributed by atoms with Crippen LogP contribution >= 0.6 is 0 Å². The summed E-state index contributed by atoms with van der Waals surface area (Å²) in [4.78, 5) is 2.51. The summed E-state index contributed by atoms with van der Waals surface area (Å²) in [5, 5.41) is 0. The summed E-state index contributed by atoms with van der Waals surface area (Å²) in [6, 6.07) is 8.24. The zero-order chi connectivity index (χ0) is 13.5. The van der Waals surface area contributed by atoms with Crippen molar-refractivity contribution in [3.05, 3.63) is 29.8 Å². The zero-order valence-corrected chi connectivity index (χ0v) is 12.3. The van der Waals surface area contributed by atoms with Crippen molar-refractivity contribution in [2.45, 2.75) is 44.9 Å². The third-order valence-corrected chi connectivity index (χ3v) is 4.34. The van der Waals surface area contributed by atoms with Gasteiger partial charge in [0.25, 0.3) is 0 Å². The molecule has 0 heterocycles. The molecule has 2 heteroatoms. The van der Waals surface area contributed by atoms with Gasteiger partial charge in [0, 0.05) is 12.2 Å². The Morgan fingerprint density at radius 3 is 2.63 bits per heavy atom. The van der Waals surface area contributed by atoms with Crippen LogP contribution in [0, 0.1) is 5.92 Å². The maximum Gasteiger partial charge on any atom is 0.0346 e. The fraction of sp³-hybridized carbons (Fsp3) is 0.647. The Morgan fingerprint density at radius 2 is 1.89 bits per heavy atom. The fourth-order valence-corrected chi connectivity index (χ4v) is 3.20. The molecule has 19 heavy (non-hydrogen) atoms. The monoisotopic (exact) mass is 260 g/mol. The van der Waals surface area contributed by atoms with E-state index in [2.05, 4.69) is 24.1 Å². The molecular weight excluding hydrogens is 232 g/mol. The highest BCUT2D eigenvalue weighted by molar-refractivity contribution is 5.46. The summed E-state index contributed by atoms with van der Waals surface area (Å²) in [5.41, 5.74) is 8.21. The third-order valence-electron chi connectivity index (χ3n) is 4.34. The van der Waals surface area contributed by atoms with Crippen LogP contribution in [0.2, 0.25) is 0 Å². The van der Waals surface area contributed by atoms with E-state index in [1.165, 1.54) is 57.2 Å². The standard InChI is InChI=1S/C17H28N2/c1-19(14-15-8-3-2-4-9-15)13-7-11-16-10-5-6-12-17(16)18/h5-6,10,12,15H,2-4,7-9,11,13-14,18H2,1H3. The molecule has 2 N–H and O–H groups in total. The van der Waals surface area contributed by atoms with E-state index >= 15 is 0 Å². The van der Waals surface area contributed by atoms with Gasteiger partial charge in [-0.05, 0) is 56.8 Å². The van der Waals surface area contributed by atoms with Crippen LogP contribution in [0.1, 0.15) is 44.1 Å². The van der Waals surface area contributed by atoms with Crippen LogP contribution in [0.4, 0.5) is 5.69 Å².